The van der Waals surface area contributed by atoms with Crippen LogP contribution >= 0.6 is 23.5 Å². The zero-order valence-corrected chi connectivity index (χ0v) is 19.3. The third-order valence-electron chi connectivity index (χ3n) is 4.52. The molecule has 2 heterocycles. The molecule has 2 unspecified atom stereocenters. The number of hydrogen-bond donors (Lipinski definition) is 6. The number of ether oxygens (including phenoxy) is 1. The quantitative estimate of drug-likeness (QED) is 0.251. The van der Waals surface area contributed by atoms with Gasteiger partial charge in [0.25, 0.3) is 5.56 Å². The molecule has 3 rings (SSSR count). The summed E-state index contributed by atoms with van der Waals surface area (Å²) in [5.41, 5.74) is 0.264. The van der Waals surface area contributed by atoms with Gasteiger partial charge in [-0.3, -0.25) is 13.9 Å². The SMILES string of the molecule is Cc1ccc2ccn([C@@H]3O[C@H](COP(=O)(O)OP(=O)(O)OP(=O)(O)O)[C@@H](O)[C@H]3O)c(=O)c2c1. The number of aryl methyl sites for hydroxylation is 1. The van der Waals surface area contributed by atoms with E-state index in [0.29, 0.717) is 10.8 Å². The van der Waals surface area contributed by atoms with Gasteiger partial charge < -0.3 is 34.5 Å². The highest BCUT2D eigenvalue weighted by Crippen LogP contribution is 2.66. The summed E-state index contributed by atoms with van der Waals surface area (Å²) >= 11 is 0. The summed E-state index contributed by atoms with van der Waals surface area (Å²) in [5.74, 6) is 0. The van der Waals surface area contributed by atoms with E-state index in [4.69, 9.17) is 19.4 Å². The third-order valence-corrected chi connectivity index (χ3v) is 8.32. The van der Waals surface area contributed by atoms with Crippen LogP contribution in [0.25, 0.3) is 10.8 Å². The van der Waals surface area contributed by atoms with Crippen molar-refractivity contribution in [2.45, 2.75) is 31.5 Å². The second kappa shape index (κ2) is 9.40. The standard InChI is InChI=1S/C15H20NO14P3/c1-8-2-3-9-4-5-16(14(19)10(9)6-8)15-13(18)12(17)11(28-15)7-27-32(23,24)30-33(25,26)29-31(20,21)22/h2-6,11-13,15,17-18H,7H2,1H3,(H,23,24)(H,25,26)(H2,20,21,22)/t11-,12-,13-,15-/m1/s1. The number of aliphatic hydroxyl groups is 2. The average Bonchev–Trinajstić information content (AvgIpc) is 2.93. The number of phosphoric ester groups is 1. The first-order valence-corrected chi connectivity index (χ1v) is 13.5. The van der Waals surface area contributed by atoms with Gasteiger partial charge in [0.15, 0.2) is 6.23 Å². The van der Waals surface area contributed by atoms with Gasteiger partial charge in [-0.1, -0.05) is 17.7 Å². The Morgan fingerprint density at radius 3 is 2.30 bits per heavy atom. The molecular weight excluding hydrogens is 511 g/mol. The number of fused-ring (bicyclic) bond motifs is 1. The fraction of sp³-hybridized carbons (Fsp3) is 0.400. The highest BCUT2D eigenvalue weighted by atomic mass is 31.3. The summed E-state index contributed by atoms with van der Waals surface area (Å²) in [4.78, 5) is 48.5. The van der Waals surface area contributed by atoms with Crippen molar-refractivity contribution in [3.8, 4) is 0 Å². The van der Waals surface area contributed by atoms with Crippen LogP contribution in [0.5, 0.6) is 0 Å². The second-order valence-corrected chi connectivity index (χ2v) is 11.5. The minimum atomic E-state index is -5.72. The summed E-state index contributed by atoms with van der Waals surface area (Å²) in [5, 5.41) is 21.5. The van der Waals surface area contributed by atoms with Crippen molar-refractivity contribution in [3.63, 3.8) is 0 Å². The summed E-state index contributed by atoms with van der Waals surface area (Å²) in [7, 11) is -16.7. The highest BCUT2D eigenvalue weighted by Gasteiger charge is 2.46. The molecule has 1 aliphatic rings. The van der Waals surface area contributed by atoms with Crippen LogP contribution in [0.1, 0.15) is 11.8 Å². The Labute approximate surface area is 185 Å². The summed E-state index contributed by atoms with van der Waals surface area (Å²) in [6.07, 6.45) is -4.98. The lowest BCUT2D eigenvalue weighted by Gasteiger charge is -2.19. The lowest BCUT2D eigenvalue weighted by Crippen LogP contribution is -2.35. The highest BCUT2D eigenvalue weighted by molar-refractivity contribution is 7.66. The van der Waals surface area contributed by atoms with Crippen LogP contribution in [-0.4, -0.2) is 59.3 Å². The van der Waals surface area contributed by atoms with E-state index in [2.05, 4.69) is 13.1 Å². The Morgan fingerprint density at radius 2 is 1.67 bits per heavy atom. The summed E-state index contributed by atoms with van der Waals surface area (Å²) < 4.78 is 51.8. The number of nitrogens with zero attached hydrogens (tertiary/aromatic N) is 1. The molecule has 0 amide bonds. The molecule has 33 heavy (non-hydrogen) atoms. The first-order valence-electron chi connectivity index (χ1n) is 9.00. The van der Waals surface area contributed by atoms with Crippen LogP contribution in [0.3, 0.4) is 0 Å². The molecule has 1 aromatic heterocycles. The third kappa shape index (κ3) is 6.44. The minimum Gasteiger partial charge on any atom is -0.387 e. The molecule has 1 fully saturated rings. The Hall–Kier alpha value is -1.28. The molecule has 1 aromatic carbocycles. The fourth-order valence-corrected chi connectivity index (χ4v) is 6.17. The molecule has 184 valence electrons. The molecule has 0 aliphatic carbocycles. The van der Waals surface area contributed by atoms with Crippen LogP contribution in [0.4, 0.5) is 0 Å². The van der Waals surface area contributed by atoms with Gasteiger partial charge in [0.1, 0.15) is 18.3 Å². The van der Waals surface area contributed by atoms with E-state index >= 15 is 0 Å². The lowest BCUT2D eigenvalue weighted by atomic mass is 10.1. The monoisotopic (exact) mass is 531 g/mol. The average molecular weight is 531 g/mol. The van der Waals surface area contributed by atoms with Crippen LogP contribution in [0.2, 0.25) is 0 Å². The molecule has 0 saturated carbocycles. The molecule has 0 radical (unpaired) electrons. The number of rotatable bonds is 8. The molecule has 0 bridgehead atoms. The van der Waals surface area contributed by atoms with Gasteiger partial charge in [-0.05, 0) is 24.4 Å². The Balaban J connectivity index is 1.74. The lowest BCUT2D eigenvalue weighted by molar-refractivity contribution is -0.0533. The van der Waals surface area contributed by atoms with Crippen molar-refractivity contribution in [2.24, 2.45) is 0 Å². The van der Waals surface area contributed by atoms with E-state index in [1.54, 1.807) is 31.2 Å². The van der Waals surface area contributed by atoms with Crippen molar-refractivity contribution in [3.05, 3.63) is 46.4 Å². The number of aliphatic hydroxyl groups excluding tert-OH is 2. The second-order valence-electron chi connectivity index (χ2n) is 7.05. The number of pyridine rings is 1. The van der Waals surface area contributed by atoms with Gasteiger partial charge in [-0.2, -0.15) is 8.62 Å². The van der Waals surface area contributed by atoms with Gasteiger partial charge in [-0.25, -0.2) is 13.7 Å². The number of hydrogen-bond acceptors (Lipinski definition) is 10. The van der Waals surface area contributed by atoms with Gasteiger partial charge >= 0.3 is 23.5 Å². The van der Waals surface area contributed by atoms with Gasteiger partial charge in [0.2, 0.25) is 0 Å². The number of benzene rings is 1. The molecule has 0 spiro atoms. The Kier molecular flexibility index (Phi) is 7.50. The van der Waals surface area contributed by atoms with E-state index in [9.17, 15) is 33.6 Å². The van der Waals surface area contributed by atoms with Crippen molar-refractivity contribution in [1.82, 2.24) is 4.57 Å². The van der Waals surface area contributed by atoms with Crippen LogP contribution in [-0.2, 0) is 31.6 Å². The topological polar surface area (TPSA) is 232 Å². The minimum absolute atomic E-state index is 0.319. The van der Waals surface area contributed by atoms with Crippen molar-refractivity contribution >= 4 is 34.2 Å². The zero-order chi connectivity index (χ0) is 24.8. The predicted octanol–water partition coefficient (Wildman–Crippen LogP) is 0.272. The summed E-state index contributed by atoms with van der Waals surface area (Å²) in [6, 6.07) is 6.73. The van der Waals surface area contributed by atoms with Crippen molar-refractivity contribution in [2.75, 3.05) is 6.61 Å². The van der Waals surface area contributed by atoms with E-state index in [-0.39, 0.29) is 0 Å². The zero-order valence-electron chi connectivity index (χ0n) is 16.6. The van der Waals surface area contributed by atoms with Crippen LogP contribution < -0.4 is 5.56 Å². The Morgan fingerprint density at radius 1 is 1.00 bits per heavy atom. The number of aromatic nitrogens is 1. The van der Waals surface area contributed by atoms with Gasteiger partial charge in [0, 0.05) is 11.6 Å². The predicted molar refractivity (Wildman–Crippen MR) is 109 cm³/mol. The number of phosphoric acid groups is 3. The van der Waals surface area contributed by atoms with Crippen molar-refractivity contribution in [1.29, 1.82) is 0 Å². The largest absolute Gasteiger partial charge is 0.490 e. The van der Waals surface area contributed by atoms with E-state index < -0.39 is 60.2 Å². The smallest absolute Gasteiger partial charge is 0.387 e. The van der Waals surface area contributed by atoms with Crippen LogP contribution in [0, 0.1) is 6.92 Å². The van der Waals surface area contributed by atoms with E-state index in [1.807, 2.05) is 0 Å². The maximum Gasteiger partial charge on any atom is 0.490 e. The molecule has 1 saturated heterocycles. The van der Waals surface area contributed by atoms with Gasteiger partial charge in [-0.15, -0.1) is 0 Å². The van der Waals surface area contributed by atoms with Crippen molar-refractivity contribution < 1.29 is 61.4 Å². The fourth-order valence-electron chi connectivity index (χ4n) is 3.14. The molecule has 1 aliphatic heterocycles. The molecular formula is C15H20NO14P3. The summed E-state index contributed by atoms with van der Waals surface area (Å²) in [6.45, 7) is 0.791. The maximum atomic E-state index is 12.8. The van der Waals surface area contributed by atoms with E-state index in [0.717, 1.165) is 10.1 Å². The molecule has 6 atom stereocenters. The maximum absolute atomic E-state index is 12.8. The molecule has 18 heteroatoms. The first-order chi connectivity index (χ1) is 15.1. The van der Waals surface area contributed by atoms with Crippen LogP contribution in [0.15, 0.2) is 35.3 Å². The normalized spacial score (nSPS) is 27.4. The molecule has 15 nitrogen and oxygen atoms in total. The first kappa shape index (κ1) is 26.3. The van der Waals surface area contributed by atoms with E-state index in [1.165, 1.54) is 6.20 Å². The molecule has 6 N–H and O–H groups in total. The molecule has 2 aromatic rings. The Bertz CT molecular complexity index is 1240. The van der Waals surface area contributed by atoms with Gasteiger partial charge in [0.05, 0.1) is 6.61 Å².